The number of benzene rings is 4. The van der Waals surface area contributed by atoms with Crippen LogP contribution in [0.2, 0.25) is 0 Å². The Morgan fingerprint density at radius 3 is 2.17 bits per heavy atom. The van der Waals surface area contributed by atoms with E-state index in [-0.39, 0.29) is 6.04 Å². The van der Waals surface area contributed by atoms with E-state index in [1.165, 1.54) is 27.5 Å². The maximum absolute atomic E-state index is 5.28. The molecule has 5 rings (SSSR count). The molecule has 0 aliphatic carbocycles. The normalized spacial score (nSPS) is 16.1. The SMILES string of the molecule is CC(C)c1cccc(C(C)C)c1C1CSC(C=C(Nc2cccc3ccccc23)c2ccccc2)=N1. The van der Waals surface area contributed by atoms with E-state index in [2.05, 4.69) is 130 Å². The molecule has 3 heteroatoms. The molecule has 0 radical (unpaired) electrons. The van der Waals surface area contributed by atoms with Crippen molar-refractivity contribution in [2.75, 3.05) is 11.1 Å². The predicted molar refractivity (Wildman–Crippen MR) is 159 cm³/mol. The van der Waals surface area contributed by atoms with E-state index < -0.39 is 0 Å². The van der Waals surface area contributed by atoms with Gasteiger partial charge in [0.1, 0.15) is 0 Å². The number of hydrogen-bond acceptors (Lipinski definition) is 3. The average molecular weight is 491 g/mol. The van der Waals surface area contributed by atoms with Crippen molar-refractivity contribution < 1.29 is 0 Å². The van der Waals surface area contributed by atoms with Crippen LogP contribution in [0.1, 0.15) is 67.8 Å². The van der Waals surface area contributed by atoms with E-state index in [4.69, 9.17) is 4.99 Å². The van der Waals surface area contributed by atoms with Gasteiger partial charge in [0.15, 0.2) is 0 Å². The summed E-state index contributed by atoms with van der Waals surface area (Å²) >= 11 is 1.86. The molecule has 0 saturated carbocycles. The van der Waals surface area contributed by atoms with Crippen LogP contribution in [0.4, 0.5) is 5.69 Å². The Morgan fingerprint density at radius 1 is 0.806 bits per heavy atom. The summed E-state index contributed by atoms with van der Waals surface area (Å²) in [4.78, 5) is 5.28. The van der Waals surface area contributed by atoms with E-state index >= 15 is 0 Å². The molecule has 0 spiro atoms. The number of aliphatic imine (C=N–C) groups is 1. The molecule has 2 nitrogen and oxygen atoms in total. The van der Waals surface area contributed by atoms with Crippen LogP contribution in [0.5, 0.6) is 0 Å². The highest BCUT2D eigenvalue weighted by Gasteiger charge is 2.26. The van der Waals surface area contributed by atoms with Gasteiger partial charge < -0.3 is 5.32 Å². The Balaban J connectivity index is 1.55. The topological polar surface area (TPSA) is 24.4 Å². The van der Waals surface area contributed by atoms with E-state index in [1.54, 1.807) is 0 Å². The standard InChI is InChI=1S/C33H34N2S/c1-22(2)26-17-11-18-27(23(3)4)33(26)31-21-36-32(35-31)20-30(25-13-6-5-7-14-25)34-29-19-10-15-24-12-8-9-16-28(24)29/h5-20,22-23,31,34H,21H2,1-4H3. The second kappa shape index (κ2) is 10.8. The lowest BCUT2D eigenvalue weighted by Gasteiger charge is -2.22. The number of fused-ring (bicyclic) bond motifs is 1. The van der Waals surface area contributed by atoms with Crippen LogP contribution in [-0.4, -0.2) is 10.8 Å². The molecule has 4 aromatic carbocycles. The Labute approximate surface area is 219 Å². The molecular weight excluding hydrogens is 456 g/mol. The van der Waals surface area contributed by atoms with Crippen molar-refractivity contribution in [2.24, 2.45) is 4.99 Å². The number of hydrogen-bond donors (Lipinski definition) is 1. The maximum atomic E-state index is 5.28. The third kappa shape index (κ3) is 5.12. The molecule has 1 N–H and O–H groups in total. The minimum atomic E-state index is 0.187. The van der Waals surface area contributed by atoms with E-state index in [0.717, 1.165) is 27.7 Å². The van der Waals surface area contributed by atoms with Crippen LogP contribution in [0.3, 0.4) is 0 Å². The highest BCUT2D eigenvalue weighted by Crippen LogP contribution is 2.40. The van der Waals surface area contributed by atoms with Crippen LogP contribution in [-0.2, 0) is 0 Å². The molecule has 0 aromatic heterocycles. The van der Waals surface area contributed by atoms with E-state index in [1.807, 2.05) is 11.8 Å². The fraction of sp³-hybridized carbons (Fsp3) is 0.242. The number of rotatable bonds is 7. The van der Waals surface area contributed by atoms with Gasteiger partial charge in [0.25, 0.3) is 0 Å². The third-order valence-electron chi connectivity index (χ3n) is 6.83. The summed E-state index contributed by atoms with van der Waals surface area (Å²) in [6.07, 6.45) is 2.23. The highest BCUT2D eigenvalue weighted by molar-refractivity contribution is 8.14. The summed E-state index contributed by atoms with van der Waals surface area (Å²) in [5.41, 5.74) is 7.62. The van der Waals surface area contributed by atoms with Gasteiger partial charge in [-0.05, 0) is 51.6 Å². The second-order valence-electron chi connectivity index (χ2n) is 10.0. The lowest BCUT2D eigenvalue weighted by atomic mass is 9.85. The first kappa shape index (κ1) is 24.4. The zero-order valence-electron chi connectivity index (χ0n) is 21.5. The van der Waals surface area contributed by atoms with Gasteiger partial charge in [0.05, 0.1) is 11.1 Å². The quantitative estimate of drug-likeness (QED) is 0.279. The molecule has 1 atom stereocenters. The van der Waals surface area contributed by atoms with Crippen molar-refractivity contribution in [1.82, 2.24) is 0 Å². The van der Waals surface area contributed by atoms with Crippen LogP contribution in [0.15, 0.2) is 102 Å². The summed E-state index contributed by atoms with van der Waals surface area (Å²) in [5, 5.41) is 7.28. The van der Waals surface area contributed by atoms with Crippen LogP contribution < -0.4 is 5.32 Å². The van der Waals surface area contributed by atoms with Crippen LogP contribution in [0, 0.1) is 0 Å². The lowest BCUT2D eigenvalue weighted by molar-refractivity contribution is 0.743. The molecular formula is C33H34N2S. The van der Waals surface area contributed by atoms with Crippen molar-refractivity contribution in [1.29, 1.82) is 0 Å². The fourth-order valence-corrected chi connectivity index (χ4v) is 6.00. The molecule has 0 fully saturated rings. The zero-order chi connectivity index (χ0) is 25.1. The van der Waals surface area contributed by atoms with Crippen LogP contribution in [0.25, 0.3) is 16.5 Å². The molecule has 1 heterocycles. The van der Waals surface area contributed by atoms with Crippen LogP contribution >= 0.6 is 11.8 Å². The van der Waals surface area contributed by atoms with Crippen molar-refractivity contribution in [3.63, 3.8) is 0 Å². The van der Waals surface area contributed by atoms with Crippen molar-refractivity contribution >= 4 is 39.0 Å². The predicted octanol–water partition coefficient (Wildman–Crippen LogP) is 9.43. The number of thioether (sulfide) groups is 1. The van der Waals surface area contributed by atoms with E-state index in [9.17, 15) is 0 Å². The summed E-state index contributed by atoms with van der Waals surface area (Å²) in [6, 6.07) is 32.5. The molecule has 0 saturated heterocycles. The Bertz CT molecular complexity index is 1380. The molecule has 4 aromatic rings. The lowest BCUT2D eigenvalue weighted by Crippen LogP contribution is -2.08. The average Bonchev–Trinajstić information content (AvgIpc) is 3.36. The van der Waals surface area contributed by atoms with Gasteiger partial charge in [-0.2, -0.15) is 0 Å². The Hall–Kier alpha value is -3.30. The number of nitrogens with one attached hydrogen (secondary N) is 1. The molecule has 1 aliphatic rings. The van der Waals surface area contributed by atoms with Gasteiger partial charge >= 0.3 is 0 Å². The van der Waals surface area contributed by atoms with Gasteiger partial charge in [-0.15, -0.1) is 11.8 Å². The van der Waals surface area contributed by atoms with Crippen molar-refractivity contribution in [3.8, 4) is 0 Å². The first-order valence-electron chi connectivity index (χ1n) is 12.9. The van der Waals surface area contributed by atoms with Gasteiger partial charge in [-0.1, -0.05) is 113 Å². The molecule has 36 heavy (non-hydrogen) atoms. The fourth-order valence-electron chi connectivity index (χ4n) is 5.02. The summed E-state index contributed by atoms with van der Waals surface area (Å²) in [7, 11) is 0. The summed E-state index contributed by atoms with van der Waals surface area (Å²) in [5.74, 6) is 1.93. The first-order valence-corrected chi connectivity index (χ1v) is 13.8. The van der Waals surface area contributed by atoms with Crippen molar-refractivity contribution in [2.45, 2.75) is 45.6 Å². The Kier molecular flexibility index (Phi) is 7.29. The monoisotopic (exact) mass is 490 g/mol. The number of anilines is 1. The largest absolute Gasteiger partial charge is 0.354 e. The smallest absolute Gasteiger partial charge is 0.0934 e. The first-order chi connectivity index (χ1) is 17.5. The van der Waals surface area contributed by atoms with Gasteiger partial charge in [0.2, 0.25) is 0 Å². The minimum Gasteiger partial charge on any atom is -0.354 e. The Morgan fingerprint density at radius 2 is 1.44 bits per heavy atom. The number of nitrogens with zero attached hydrogens (tertiary/aromatic N) is 1. The summed E-state index contributed by atoms with van der Waals surface area (Å²) < 4.78 is 0. The minimum absolute atomic E-state index is 0.187. The second-order valence-corrected chi connectivity index (χ2v) is 11.1. The molecule has 182 valence electrons. The third-order valence-corrected chi connectivity index (χ3v) is 7.84. The van der Waals surface area contributed by atoms with Gasteiger partial charge in [-0.3, -0.25) is 4.99 Å². The molecule has 1 aliphatic heterocycles. The molecule has 0 amide bonds. The molecule has 1 unspecified atom stereocenters. The zero-order valence-corrected chi connectivity index (χ0v) is 22.3. The highest BCUT2D eigenvalue weighted by atomic mass is 32.2. The van der Waals surface area contributed by atoms with Crippen molar-refractivity contribution in [3.05, 3.63) is 119 Å². The molecule has 0 bridgehead atoms. The van der Waals surface area contributed by atoms with Gasteiger partial charge in [0, 0.05) is 22.5 Å². The maximum Gasteiger partial charge on any atom is 0.0934 e. The van der Waals surface area contributed by atoms with Gasteiger partial charge in [-0.25, -0.2) is 0 Å². The summed E-state index contributed by atoms with van der Waals surface area (Å²) in [6.45, 7) is 9.16. The van der Waals surface area contributed by atoms with E-state index in [0.29, 0.717) is 11.8 Å².